The molecule has 2 aromatic carbocycles. The van der Waals surface area contributed by atoms with E-state index in [4.69, 9.17) is 4.74 Å². The third-order valence-electron chi connectivity index (χ3n) is 4.12. The number of fused-ring (bicyclic) bond motifs is 1. The number of carbonyl (C=O) groups is 3. The van der Waals surface area contributed by atoms with Crippen LogP contribution in [0.4, 0.5) is 5.69 Å². The fourth-order valence-electron chi connectivity index (χ4n) is 2.78. The molecule has 8 heteroatoms. The summed E-state index contributed by atoms with van der Waals surface area (Å²) < 4.78 is 5.02. The first-order chi connectivity index (χ1) is 12.4. The lowest BCUT2D eigenvalue weighted by Gasteiger charge is -2.15. The molecule has 0 saturated carbocycles. The first-order valence-corrected chi connectivity index (χ1v) is 7.74. The zero-order valence-electron chi connectivity index (χ0n) is 13.7. The number of rotatable bonds is 5. The number of aryl methyl sites for hydroxylation is 1. The van der Waals surface area contributed by atoms with E-state index in [-0.39, 0.29) is 11.1 Å². The normalized spacial score (nSPS) is 16.3. The van der Waals surface area contributed by atoms with Crippen LogP contribution < -0.4 is 5.32 Å². The summed E-state index contributed by atoms with van der Waals surface area (Å²) in [6.07, 6.45) is -1.44. The second-order valence-corrected chi connectivity index (χ2v) is 5.78. The van der Waals surface area contributed by atoms with Crippen molar-refractivity contribution in [2.45, 2.75) is 19.1 Å². The predicted molar refractivity (Wildman–Crippen MR) is 90.2 cm³/mol. The van der Waals surface area contributed by atoms with Crippen molar-refractivity contribution in [3.8, 4) is 0 Å². The van der Waals surface area contributed by atoms with Gasteiger partial charge in [-0.3, -0.25) is 19.7 Å². The topological polar surface area (TPSA) is 116 Å². The Morgan fingerprint density at radius 1 is 1.15 bits per heavy atom. The smallest absolute Gasteiger partial charge is 0.339 e. The number of anilines is 1. The van der Waals surface area contributed by atoms with Crippen molar-refractivity contribution in [1.82, 2.24) is 0 Å². The molecule has 0 aliphatic carbocycles. The molecule has 0 saturated heterocycles. The number of nitrogens with one attached hydrogen (secondary N) is 1. The van der Waals surface area contributed by atoms with E-state index in [0.29, 0.717) is 11.3 Å². The summed E-state index contributed by atoms with van der Waals surface area (Å²) in [5.41, 5.74) is 1.44. The number of hydrogen-bond donors (Lipinski definition) is 1. The van der Waals surface area contributed by atoms with Crippen LogP contribution in [0, 0.1) is 17.0 Å². The number of carbonyl (C=O) groups excluding carboxylic acids is 3. The standard InChI is InChI=1S/C18H14N2O6/c1-10-6-2-5-9-13(10)19-17(22)15(21)14(20(24)25)16-11-7-3-4-8-12(11)18(23)26-16/h2-9,14,16H,1H3,(H,19,22)/t14-,16+/m1/s1. The van der Waals surface area contributed by atoms with Crippen molar-refractivity contribution in [3.63, 3.8) is 0 Å². The van der Waals surface area contributed by atoms with Gasteiger partial charge in [-0.05, 0) is 24.6 Å². The Morgan fingerprint density at radius 3 is 2.50 bits per heavy atom. The highest BCUT2D eigenvalue weighted by molar-refractivity contribution is 6.42. The molecular weight excluding hydrogens is 340 g/mol. The Bertz CT molecular complexity index is 923. The molecule has 1 aliphatic rings. The molecule has 132 valence electrons. The number of hydrogen-bond acceptors (Lipinski definition) is 6. The van der Waals surface area contributed by atoms with E-state index < -0.39 is 34.7 Å². The first-order valence-electron chi connectivity index (χ1n) is 7.74. The molecule has 0 radical (unpaired) electrons. The fourth-order valence-corrected chi connectivity index (χ4v) is 2.78. The Kier molecular flexibility index (Phi) is 4.49. The number of cyclic esters (lactones) is 1. The molecule has 1 N–H and O–H groups in total. The van der Waals surface area contributed by atoms with Crippen LogP contribution in [0.1, 0.15) is 27.6 Å². The summed E-state index contributed by atoms with van der Waals surface area (Å²) in [7, 11) is 0. The van der Waals surface area contributed by atoms with E-state index in [0.717, 1.165) is 0 Å². The monoisotopic (exact) mass is 354 g/mol. The minimum atomic E-state index is -2.02. The number of ether oxygens (including phenoxy) is 1. The average Bonchev–Trinajstić information content (AvgIpc) is 2.94. The van der Waals surface area contributed by atoms with Crippen molar-refractivity contribution in [3.05, 3.63) is 75.3 Å². The van der Waals surface area contributed by atoms with E-state index >= 15 is 0 Å². The Morgan fingerprint density at radius 2 is 1.81 bits per heavy atom. The largest absolute Gasteiger partial charge is 0.446 e. The average molecular weight is 354 g/mol. The van der Waals surface area contributed by atoms with Gasteiger partial charge in [-0.2, -0.15) is 0 Å². The highest BCUT2D eigenvalue weighted by Gasteiger charge is 2.49. The minimum absolute atomic E-state index is 0.150. The van der Waals surface area contributed by atoms with Gasteiger partial charge in [0.2, 0.25) is 6.10 Å². The van der Waals surface area contributed by atoms with Gasteiger partial charge in [-0.1, -0.05) is 36.4 Å². The quantitative estimate of drug-likeness (QED) is 0.380. The second-order valence-electron chi connectivity index (χ2n) is 5.78. The third-order valence-corrected chi connectivity index (χ3v) is 4.12. The molecule has 0 spiro atoms. The Balaban J connectivity index is 1.88. The van der Waals surface area contributed by atoms with Crippen molar-refractivity contribution >= 4 is 23.3 Å². The van der Waals surface area contributed by atoms with Gasteiger partial charge in [-0.15, -0.1) is 0 Å². The van der Waals surface area contributed by atoms with Crippen LogP contribution in [0.25, 0.3) is 0 Å². The van der Waals surface area contributed by atoms with Crippen LogP contribution in [0.2, 0.25) is 0 Å². The van der Waals surface area contributed by atoms with Gasteiger partial charge in [0.15, 0.2) is 0 Å². The van der Waals surface area contributed by atoms with Gasteiger partial charge >= 0.3 is 12.0 Å². The number of nitrogens with zero attached hydrogens (tertiary/aromatic N) is 1. The lowest BCUT2D eigenvalue weighted by molar-refractivity contribution is -0.518. The zero-order valence-corrected chi connectivity index (χ0v) is 13.7. The van der Waals surface area contributed by atoms with Gasteiger partial charge in [-0.25, -0.2) is 4.79 Å². The number of esters is 1. The van der Waals surface area contributed by atoms with E-state index in [2.05, 4.69) is 5.32 Å². The molecule has 1 amide bonds. The van der Waals surface area contributed by atoms with Gasteiger partial charge in [0.1, 0.15) is 0 Å². The van der Waals surface area contributed by atoms with E-state index in [1.54, 1.807) is 43.3 Å². The fraction of sp³-hybridized carbons (Fsp3) is 0.167. The van der Waals surface area contributed by atoms with E-state index in [1.807, 2.05) is 0 Å². The van der Waals surface area contributed by atoms with Gasteiger partial charge in [0.05, 0.1) is 5.56 Å². The molecule has 2 atom stereocenters. The molecule has 0 fully saturated rings. The van der Waals surface area contributed by atoms with Crippen LogP contribution in [0.5, 0.6) is 0 Å². The number of benzene rings is 2. The molecule has 2 aromatic rings. The summed E-state index contributed by atoms with van der Waals surface area (Å²) in [5, 5.41) is 13.9. The summed E-state index contributed by atoms with van der Waals surface area (Å²) in [6.45, 7) is 1.72. The number of ketones is 1. The summed E-state index contributed by atoms with van der Waals surface area (Å²) >= 11 is 0. The summed E-state index contributed by atoms with van der Waals surface area (Å²) in [5.74, 6) is -3.18. The van der Waals surface area contributed by atoms with Crippen LogP contribution >= 0.6 is 0 Å². The number of amides is 1. The molecule has 26 heavy (non-hydrogen) atoms. The molecule has 1 aliphatic heterocycles. The van der Waals surface area contributed by atoms with Crippen molar-refractivity contribution in [2.75, 3.05) is 5.32 Å². The molecular formula is C18H14N2O6. The third kappa shape index (κ3) is 3.04. The van der Waals surface area contributed by atoms with Gasteiger partial charge in [0, 0.05) is 16.2 Å². The summed E-state index contributed by atoms with van der Waals surface area (Å²) in [6, 6.07) is 10.8. The van der Waals surface area contributed by atoms with Crippen LogP contribution in [0.3, 0.4) is 0 Å². The molecule has 1 heterocycles. The Labute approximate surface area is 147 Å². The maximum Gasteiger partial charge on any atom is 0.339 e. The molecule has 3 rings (SSSR count). The van der Waals surface area contributed by atoms with Crippen molar-refractivity contribution in [1.29, 1.82) is 0 Å². The zero-order chi connectivity index (χ0) is 18.8. The van der Waals surface area contributed by atoms with Crippen LogP contribution in [-0.2, 0) is 14.3 Å². The lowest BCUT2D eigenvalue weighted by atomic mass is 9.97. The molecule has 0 unspecified atom stereocenters. The molecule has 0 aromatic heterocycles. The summed E-state index contributed by atoms with van der Waals surface area (Å²) in [4.78, 5) is 47.2. The van der Waals surface area contributed by atoms with Crippen LogP contribution in [-0.4, -0.2) is 28.6 Å². The first kappa shape index (κ1) is 17.3. The van der Waals surface area contributed by atoms with Crippen molar-refractivity contribution < 1.29 is 24.0 Å². The lowest BCUT2D eigenvalue weighted by Crippen LogP contribution is -2.42. The molecule has 0 bridgehead atoms. The maximum absolute atomic E-state index is 12.5. The number of para-hydroxylation sites is 1. The number of Topliss-reactive ketones (excluding diaryl/α,β-unsaturated/α-hetero) is 1. The van der Waals surface area contributed by atoms with E-state index in [9.17, 15) is 24.5 Å². The van der Waals surface area contributed by atoms with Crippen LogP contribution in [0.15, 0.2) is 48.5 Å². The molecule has 8 nitrogen and oxygen atoms in total. The highest BCUT2D eigenvalue weighted by Crippen LogP contribution is 2.34. The van der Waals surface area contributed by atoms with Crippen molar-refractivity contribution in [2.24, 2.45) is 0 Å². The van der Waals surface area contributed by atoms with Gasteiger partial charge in [0.25, 0.3) is 11.7 Å². The van der Waals surface area contributed by atoms with E-state index in [1.165, 1.54) is 12.1 Å². The minimum Gasteiger partial charge on any atom is -0.446 e. The Hall–Kier alpha value is -3.55. The predicted octanol–water partition coefficient (Wildman–Crippen LogP) is 2.06. The SMILES string of the molecule is Cc1ccccc1NC(=O)C(=O)[C@H]([C@H]1OC(=O)c2ccccc21)[N+](=O)[O-]. The number of nitro groups is 1. The maximum atomic E-state index is 12.5. The highest BCUT2D eigenvalue weighted by atomic mass is 16.6. The van der Waals surface area contributed by atoms with Gasteiger partial charge < -0.3 is 10.1 Å². The second kappa shape index (κ2) is 6.75.